The molecule has 0 atom stereocenters. The van der Waals surface area contributed by atoms with Crippen LogP contribution in [0.15, 0.2) is 0 Å². The van der Waals surface area contributed by atoms with Crippen molar-refractivity contribution in [3.63, 3.8) is 0 Å². The van der Waals surface area contributed by atoms with E-state index in [1.54, 1.807) is 4.68 Å². The predicted molar refractivity (Wildman–Crippen MR) is 88.7 cm³/mol. The number of nitrogens with zero attached hydrogens (tertiary/aromatic N) is 3. The van der Waals surface area contributed by atoms with Gasteiger partial charge in [-0.25, -0.2) is 0 Å². The summed E-state index contributed by atoms with van der Waals surface area (Å²) in [6.07, 6.45) is 2.56. The number of hydrogen-bond donors (Lipinski definition) is 1. The van der Waals surface area contributed by atoms with E-state index in [0.29, 0.717) is 0 Å². The molecule has 0 amide bonds. The van der Waals surface area contributed by atoms with Gasteiger partial charge >= 0.3 is 0 Å². The van der Waals surface area contributed by atoms with Crippen LogP contribution in [-0.4, -0.2) is 40.9 Å². The third kappa shape index (κ3) is 4.70. The van der Waals surface area contributed by atoms with E-state index in [4.69, 9.17) is 11.6 Å². The van der Waals surface area contributed by atoms with Gasteiger partial charge in [0.25, 0.3) is 0 Å². The molecule has 1 aromatic rings. The molecule has 0 spiro atoms. The summed E-state index contributed by atoms with van der Waals surface area (Å²) in [6, 6.07) is 0. The Morgan fingerprint density at radius 1 is 1.33 bits per heavy atom. The Hall–Kier alpha value is -0.580. The first-order valence-corrected chi connectivity index (χ1v) is 8.46. The molecule has 0 saturated carbocycles. The van der Waals surface area contributed by atoms with Crippen molar-refractivity contribution in [1.29, 1.82) is 0 Å². The van der Waals surface area contributed by atoms with Crippen LogP contribution in [0.5, 0.6) is 0 Å². The van der Waals surface area contributed by atoms with Crippen molar-refractivity contribution in [3.05, 3.63) is 16.4 Å². The summed E-state index contributed by atoms with van der Waals surface area (Å²) in [6.45, 7) is 12.1. The fraction of sp³-hybridized carbons (Fsp3) is 0.812. The molecule has 0 aromatic carbocycles. The predicted octanol–water partition coefficient (Wildman–Crippen LogP) is 2.84. The van der Waals surface area contributed by atoms with E-state index in [0.717, 1.165) is 35.8 Å². The summed E-state index contributed by atoms with van der Waals surface area (Å²) in [5.41, 5.74) is 2.25. The first kappa shape index (κ1) is 16.8. The fourth-order valence-corrected chi connectivity index (χ4v) is 3.24. The standard InChI is InChI=1S/C16H29ClN4/c1-12(2)9-18-10-14-5-7-21(8-6-14)11-15-13(3)19-20(4)16(15)17/h12,14,18H,5-11H2,1-4H3. The van der Waals surface area contributed by atoms with Crippen molar-refractivity contribution in [2.24, 2.45) is 18.9 Å². The maximum atomic E-state index is 6.32. The van der Waals surface area contributed by atoms with Crippen LogP contribution in [0, 0.1) is 18.8 Å². The van der Waals surface area contributed by atoms with Crippen LogP contribution in [0.3, 0.4) is 0 Å². The van der Waals surface area contributed by atoms with Gasteiger partial charge in [-0.3, -0.25) is 9.58 Å². The van der Waals surface area contributed by atoms with Gasteiger partial charge in [-0.2, -0.15) is 5.10 Å². The van der Waals surface area contributed by atoms with E-state index in [9.17, 15) is 0 Å². The zero-order chi connectivity index (χ0) is 15.4. The van der Waals surface area contributed by atoms with E-state index in [1.807, 2.05) is 14.0 Å². The lowest BCUT2D eigenvalue weighted by molar-refractivity contribution is 0.174. The molecule has 2 rings (SSSR count). The van der Waals surface area contributed by atoms with Crippen molar-refractivity contribution >= 4 is 11.6 Å². The maximum absolute atomic E-state index is 6.32. The number of piperidine rings is 1. The van der Waals surface area contributed by atoms with Gasteiger partial charge in [0.2, 0.25) is 0 Å². The average Bonchev–Trinajstić information content (AvgIpc) is 2.67. The van der Waals surface area contributed by atoms with Crippen LogP contribution in [0.2, 0.25) is 5.15 Å². The van der Waals surface area contributed by atoms with Crippen molar-refractivity contribution in [2.75, 3.05) is 26.2 Å². The largest absolute Gasteiger partial charge is 0.316 e. The first-order chi connectivity index (χ1) is 9.97. The molecule has 0 radical (unpaired) electrons. The molecule has 4 nitrogen and oxygen atoms in total. The number of halogens is 1. The molecule has 1 aliphatic heterocycles. The quantitative estimate of drug-likeness (QED) is 0.877. The molecule has 0 unspecified atom stereocenters. The van der Waals surface area contributed by atoms with Gasteiger partial charge in [0.15, 0.2) is 0 Å². The minimum absolute atomic E-state index is 0.737. The molecule has 0 bridgehead atoms. The molecule has 2 heterocycles. The third-order valence-corrected chi connectivity index (χ3v) is 4.82. The molecule has 1 aromatic heterocycles. The van der Waals surface area contributed by atoms with Crippen LogP contribution in [-0.2, 0) is 13.6 Å². The Labute approximate surface area is 133 Å². The highest BCUT2D eigenvalue weighted by molar-refractivity contribution is 6.30. The lowest BCUT2D eigenvalue weighted by atomic mass is 9.96. The molecular weight excluding hydrogens is 284 g/mol. The number of aromatic nitrogens is 2. The molecule has 120 valence electrons. The summed E-state index contributed by atoms with van der Waals surface area (Å²) >= 11 is 6.32. The van der Waals surface area contributed by atoms with E-state index >= 15 is 0 Å². The lowest BCUT2D eigenvalue weighted by Crippen LogP contribution is -2.37. The van der Waals surface area contributed by atoms with Crippen LogP contribution in [0.4, 0.5) is 0 Å². The van der Waals surface area contributed by atoms with Gasteiger partial charge in [0, 0.05) is 19.2 Å². The summed E-state index contributed by atoms with van der Waals surface area (Å²) in [5, 5.41) is 8.77. The van der Waals surface area contributed by atoms with Gasteiger partial charge in [-0.15, -0.1) is 0 Å². The Bertz CT molecular complexity index is 447. The summed E-state index contributed by atoms with van der Waals surface area (Å²) < 4.78 is 1.77. The van der Waals surface area contributed by atoms with Crippen molar-refractivity contribution in [3.8, 4) is 0 Å². The molecule has 1 aliphatic rings. The van der Waals surface area contributed by atoms with Crippen molar-refractivity contribution in [2.45, 2.75) is 40.2 Å². The first-order valence-electron chi connectivity index (χ1n) is 8.08. The van der Waals surface area contributed by atoms with Gasteiger partial charge in [-0.1, -0.05) is 25.4 Å². The number of rotatable bonds is 6. The Balaban J connectivity index is 1.76. The minimum atomic E-state index is 0.737. The fourth-order valence-electron chi connectivity index (χ4n) is 3.00. The molecule has 21 heavy (non-hydrogen) atoms. The maximum Gasteiger partial charge on any atom is 0.131 e. The van der Waals surface area contributed by atoms with Crippen molar-refractivity contribution in [1.82, 2.24) is 20.0 Å². The zero-order valence-electron chi connectivity index (χ0n) is 13.8. The summed E-state index contributed by atoms with van der Waals surface area (Å²) in [5.74, 6) is 1.56. The van der Waals surface area contributed by atoms with Gasteiger partial charge in [0.05, 0.1) is 5.69 Å². The number of likely N-dealkylation sites (tertiary alicyclic amines) is 1. The number of hydrogen-bond acceptors (Lipinski definition) is 3. The molecule has 5 heteroatoms. The van der Waals surface area contributed by atoms with Crippen LogP contribution in [0.25, 0.3) is 0 Å². The Morgan fingerprint density at radius 3 is 2.52 bits per heavy atom. The van der Waals surface area contributed by atoms with Gasteiger partial charge < -0.3 is 5.32 Å². The zero-order valence-corrected chi connectivity index (χ0v) is 14.6. The van der Waals surface area contributed by atoms with Crippen LogP contribution in [0.1, 0.15) is 37.9 Å². The van der Waals surface area contributed by atoms with Gasteiger partial charge in [-0.05, 0) is 57.8 Å². The smallest absolute Gasteiger partial charge is 0.131 e. The normalized spacial score (nSPS) is 17.8. The lowest BCUT2D eigenvalue weighted by Gasteiger charge is -2.32. The van der Waals surface area contributed by atoms with Gasteiger partial charge in [0.1, 0.15) is 5.15 Å². The Morgan fingerprint density at radius 2 is 2.00 bits per heavy atom. The topological polar surface area (TPSA) is 33.1 Å². The summed E-state index contributed by atoms with van der Waals surface area (Å²) in [7, 11) is 1.91. The molecule has 1 N–H and O–H groups in total. The Kier molecular flexibility index (Phi) is 6.08. The highest BCUT2D eigenvalue weighted by atomic mass is 35.5. The minimum Gasteiger partial charge on any atom is -0.316 e. The SMILES string of the molecule is Cc1nn(C)c(Cl)c1CN1CCC(CNCC(C)C)CC1. The monoisotopic (exact) mass is 312 g/mol. The molecular formula is C16H29ClN4. The highest BCUT2D eigenvalue weighted by Crippen LogP contribution is 2.23. The highest BCUT2D eigenvalue weighted by Gasteiger charge is 2.21. The second-order valence-electron chi connectivity index (χ2n) is 6.75. The van der Waals surface area contributed by atoms with E-state index in [1.165, 1.54) is 38.0 Å². The number of aryl methyl sites for hydroxylation is 2. The molecule has 1 saturated heterocycles. The number of nitrogens with one attached hydrogen (secondary N) is 1. The second kappa shape index (κ2) is 7.61. The molecule has 0 aliphatic carbocycles. The van der Waals surface area contributed by atoms with E-state index in [2.05, 4.69) is 29.2 Å². The van der Waals surface area contributed by atoms with Crippen LogP contribution >= 0.6 is 11.6 Å². The van der Waals surface area contributed by atoms with Crippen molar-refractivity contribution < 1.29 is 0 Å². The van der Waals surface area contributed by atoms with E-state index in [-0.39, 0.29) is 0 Å². The third-order valence-electron chi connectivity index (χ3n) is 4.34. The molecule has 1 fully saturated rings. The average molecular weight is 313 g/mol. The summed E-state index contributed by atoms with van der Waals surface area (Å²) in [4.78, 5) is 2.51. The second-order valence-corrected chi connectivity index (χ2v) is 7.11. The van der Waals surface area contributed by atoms with Crippen LogP contribution < -0.4 is 5.32 Å². The van der Waals surface area contributed by atoms with E-state index < -0.39 is 0 Å².